The second kappa shape index (κ2) is 5.89. The summed E-state index contributed by atoms with van der Waals surface area (Å²) >= 11 is 0. The Morgan fingerprint density at radius 1 is 1.07 bits per heavy atom. The number of amides is 1. The van der Waals surface area contributed by atoms with Gasteiger partial charge in [-0.25, -0.2) is 4.79 Å². The second-order valence-electron chi connectivity index (χ2n) is 4.57. The standard InChI is InChI=1S/C11H23NO2/c1-8(2)7-14-11(13)12(9(3)4)10(5)6/h8-10H,7H2,1-6H3. The minimum absolute atomic E-state index is 0.190. The summed E-state index contributed by atoms with van der Waals surface area (Å²) in [4.78, 5) is 13.4. The number of carbonyl (C=O) groups excluding carboxylic acids is 1. The average Bonchev–Trinajstić information content (AvgIpc) is 1.99. The molecule has 0 aromatic heterocycles. The number of nitrogens with zero attached hydrogens (tertiary/aromatic N) is 1. The molecule has 0 saturated carbocycles. The van der Waals surface area contributed by atoms with Crippen molar-refractivity contribution < 1.29 is 9.53 Å². The first-order chi connectivity index (χ1) is 6.36. The molecule has 1 amide bonds. The first-order valence-corrected chi connectivity index (χ1v) is 5.31. The Bertz CT molecular complexity index is 168. The van der Waals surface area contributed by atoms with Crippen LogP contribution in [0.25, 0.3) is 0 Å². The summed E-state index contributed by atoms with van der Waals surface area (Å²) in [5.41, 5.74) is 0. The fourth-order valence-electron chi connectivity index (χ4n) is 1.33. The zero-order valence-corrected chi connectivity index (χ0v) is 10.2. The van der Waals surface area contributed by atoms with E-state index < -0.39 is 0 Å². The summed E-state index contributed by atoms with van der Waals surface area (Å²) in [5.74, 6) is 0.389. The van der Waals surface area contributed by atoms with Gasteiger partial charge in [-0.3, -0.25) is 0 Å². The summed E-state index contributed by atoms with van der Waals surface area (Å²) < 4.78 is 5.18. The van der Waals surface area contributed by atoms with Crippen LogP contribution in [0.15, 0.2) is 0 Å². The van der Waals surface area contributed by atoms with Crippen LogP contribution >= 0.6 is 0 Å². The average molecular weight is 201 g/mol. The third-order valence-corrected chi connectivity index (χ3v) is 1.86. The summed E-state index contributed by atoms with van der Waals surface area (Å²) in [6.07, 6.45) is -0.205. The SMILES string of the molecule is CC(C)COC(=O)N(C(C)C)C(C)C. The van der Waals surface area contributed by atoms with Gasteiger partial charge in [0.2, 0.25) is 0 Å². The maximum Gasteiger partial charge on any atom is 0.410 e. The van der Waals surface area contributed by atoms with Crippen LogP contribution in [-0.2, 0) is 4.74 Å². The Hall–Kier alpha value is -0.730. The summed E-state index contributed by atoms with van der Waals surface area (Å²) in [5, 5.41) is 0. The molecule has 0 aliphatic heterocycles. The van der Waals surface area contributed by atoms with E-state index in [1.165, 1.54) is 0 Å². The fraction of sp³-hybridized carbons (Fsp3) is 0.909. The molecule has 0 spiro atoms. The van der Waals surface area contributed by atoms with Gasteiger partial charge in [0.25, 0.3) is 0 Å². The van der Waals surface area contributed by atoms with E-state index in [-0.39, 0.29) is 18.2 Å². The van der Waals surface area contributed by atoms with E-state index in [1.54, 1.807) is 4.90 Å². The molecule has 0 rings (SSSR count). The number of hydrogen-bond donors (Lipinski definition) is 0. The number of ether oxygens (including phenoxy) is 1. The molecule has 0 bridgehead atoms. The molecule has 14 heavy (non-hydrogen) atoms. The van der Waals surface area contributed by atoms with E-state index in [1.807, 2.05) is 41.5 Å². The van der Waals surface area contributed by atoms with Gasteiger partial charge in [-0.15, -0.1) is 0 Å². The molecule has 0 radical (unpaired) electrons. The van der Waals surface area contributed by atoms with Crippen molar-refractivity contribution in [3.05, 3.63) is 0 Å². The largest absolute Gasteiger partial charge is 0.449 e. The van der Waals surface area contributed by atoms with Crippen molar-refractivity contribution in [1.82, 2.24) is 4.90 Å². The number of hydrogen-bond acceptors (Lipinski definition) is 2. The lowest BCUT2D eigenvalue weighted by atomic mass is 10.2. The summed E-state index contributed by atoms with van der Waals surface area (Å²) in [6.45, 7) is 12.5. The Balaban J connectivity index is 4.17. The summed E-state index contributed by atoms with van der Waals surface area (Å²) in [6, 6.07) is 0.379. The highest BCUT2D eigenvalue weighted by Crippen LogP contribution is 2.08. The van der Waals surface area contributed by atoms with Crippen LogP contribution in [0.1, 0.15) is 41.5 Å². The third kappa shape index (κ3) is 4.49. The van der Waals surface area contributed by atoms with Gasteiger partial charge in [0, 0.05) is 12.1 Å². The van der Waals surface area contributed by atoms with Crippen molar-refractivity contribution in [2.45, 2.75) is 53.6 Å². The van der Waals surface area contributed by atoms with Crippen molar-refractivity contribution in [3.8, 4) is 0 Å². The van der Waals surface area contributed by atoms with Gasteiger partial charge in [-0.1, -0.05) is 13.8 Å². The topological polar surface area (TPSA) is 29.5 Å². The molecule has 0 unspecified atom stereocenters. The van der Waals surface area contributed by atoms with E-state index in [4.69, 9.17) is 4.74 Å². The monoisotopic (exact) mass is 201 g/mol. The van der Waals surface area contributed by atoms with E-state index in [9.17, 15) is 4.79 Å². The number of carbonyl (C=O) groups is 1. The molecular weight excluding hydrogens is 178 g/mol. The third-order valence-electron chi connectivity index (χ3n) is 1.86. The van der Waals surface area contributed by atoms with Gasteiger partial charge < -0.3 is 9.64 Å². The number of rotatable bonds is 4. The smallest absolute Gasteiger partial charge is 0.410 e. The van der Waals surface area contributed by atoms with Crippen molar-refractivity contribution in [2.75, 3.05) is 6.61 Å². The minimum atomic E-state index is -0.205. The normalized spacial score (nSPS) is 11.2. The van der Waals surface area contributed by atoms with Gasteiger partial charge in [0.05, 0.1) is 6.61 Å². The van der Waals surface area contributed by atoms with E-state index in [0.717, 1.165) is 0 Å². The molecule has 3 heteroatoms. The van der Waals surface area contributed by atoms with Crippen LogP contribution in [0.2, 0.25) is 0 Å². The lowest BCUT2D eigenvalue weighted by Crippen LogP contribution is -2.42. The Kier molecular flexibility index (Phi) is 5.58. The van der Waals surface area contributed by atoms with Gasteiger partial charge in [-0.05, 0) is 33.6 Å². The van der Waals surface area contributed by atoms with Crippen LogP contribution in [-0.4, -0.2) is 29.7 Å². The summed E-state index contributed by atoms with van der Waals surface area (Å²) in [7, 11) is 0. The lowest BCUT2D eigenvalue weighted by molar-refractivity contribution is 0.0708. The molecule has 0 N–H and O–H groups in total. The lowest BCUT2D eigenvalue weighted by Gasteiger charge is -2.29. The molecule has 0 heterocycles. The maximum absolute atomic E-state index is 11.6. The molecule has 0 atom stereocenters. The quantitative estimate of drug-likeness (QED) is 0.700. The van der Waals surface area contributed by atoms with Gasteiger partial charge in [0.1, 0.15) is 0 Å². The zero-order valence-electron chi connectivity index (χ0n) is 10.2. The van der Waals surface area contributed by atoms with Crippen molar-refractivity contribution in [1.29, 1.82) is 0 Å². The van der Waals surface area contributed by atoms with Crippen molar-refractivity contribution >= 4 is 6.09 Å². The molecule has 3 nitrogen and oxygen atoms in total. The molecule has 0 fully saturated rings. The van der Waals surface area contributed by atoms with Crippen LogP contribution in [0.4, 0.5) is 4.79 Å². The molecule has 0 aromatic rings. The molecular formula is C11H23NO2. The Morgan fingerprint density at radius 3 is 1.79 bits per heavy atom. The maximum atomic E-state index is 11.6. The van der Waals surface area contributed by atoms with Gasteiger partial charge in [-0.2, -0.15) is 0 Å². The highest BCUT2D eigenvalue weighted by molar-refractivity contribution is 5.68. The fourth-order valence-corrected chi connectivity index (χ4v) is 1.33. The van der Waals surface area contributed by atoms with Crippen LogP contribution in [0, 0.1) is 5.92 Å². The van der Waals surface area contributed by atoms with E-state index in [2.05, 4.69) is 0 Å². The molecule has 0 aliphatic carbocycles. The highest BCUT2D eigenvalue weighted by Gasteiger charge is 2.21. The van der Waals surface area contributed by atoms with Gasteiger partial charge >= 0.3 is 6.09 Å². The Morgan fingerprint density at radius 2 is 1.50 bits per heavy atom. The molecule has 0 aliphatic rings. The van der Waals surface area contributed by atoms with Gasteiger partial charge in [0.15, 0.2) is 0 Å². The minimum Gasteiger partial charge on any atom is -0.449 e. The predicted octanol–water partition coefficient (Wildman–Crippen LogP) is 2.90. The second-order valence-corrected chi connectivity index (χ2v) is 4.57. The van der Waals surface area contributed by atoms with E-state index >= 15 is 0 Å². The first kappa shape index (κ1) is 13.3. The first-order valence-electron chi connectivity index (χ1n) is 5.31. The van der Waals surface area contributed by atoms with Crippen molar-refractivity contribution in [2.24, 2.45) is 5.92 Å². The molecule has 0 saturated heterocycles. The van der Waals surface area contributed by atoms with Crippen molar-refractivity contribution in [3.63, 3.8) is 0 Å². The van der Waals surface area contributed by atoms with E-state index in [0.29, 0.717) is 12.5 Å². The Labute approximate surface area is 87.4 Å². The predicted molar refractivity (Wildman–Crippen MR) is 58.3 cm³/mol. The highest BCUT2D eigenvalue weighted by atomic mass is 16.6. The van der Waals surface area contributed by atoms with Crippen LogP contribution in [0.5, 0.6) is 0 Å². The molecule has 0 aromatic carbocycles. The van der Waals surface area contributed by atoms with Crippen LogP contribution in [0.3, 0.4) is 0 Å². The molecule has 84 valence electrons. The van der Waals surface area contributed by atoms with Crippen LogP contribution < -0.4 is 0 Å². The zero-order chi connectivity index (χ0) is 11.3.